The summed E-state index contributed by atoms with van der Waals surface area (Å²) in [7, 11) is 7.31. The van der Waals surface area contributed by atoms with E-state index in [-0.39, 0.29) is 5.91 Å². The number of benzene rings is 1. The lowest BCUT2D eigenvalue weighted by molar-refractivity contribution is 0.0827. The second-order valence-electron chi connectivity index (χ2n) is 6.63. The van der Waals surface area contributed by atoms with Crippen LogP contribution in [-0.2, 0) is 11.2 Å². The Morgan fingerprint density at radius 3 is 2.63 bits per heavy atom. The predicted molar refractivity (Wildman–Crippen MR) is 112 cm³/mol. The second-order valence-corrected chi connectivity index (χ2v) is 6.63. The molecule has 0 atom stereocenters. The minimum Gasteiger partial charge on any atom is -0.383 e. The van der Waals surface area contributed by atoms with Gasteiger partial charge in [0, 0.05) is 52.9 Å². The molecule has 2 N–H and O–H groups in total. The molecule has 0 aliphatic heterocycles. The van der Waals surface area contributed by atoms with E-state index in [2.05, 4.69) is 34.5 Å². The van der Waals surface area contributed by atoms with Gasteiger partial charge in [-0.15, -0.1) is 0 Å². The van der Waals surface area contributed by atoms with E-state index in [0.29, 0.717) is 0 Å². The maximum atomic E-state index is 12.1. The number of aliphatic imine (C=N–C) groups is 1. The van der Waals surface area contributed by atoms with Crippen molar-refractivity contribution in [3.63, 3.8) is 0 Å². The monoisotopic (exact) mass is 377 g/mol. The topological polar surface area (TPSA) is 69.2 Å². The summed E-state index contributed by atoms with van der Waals surface area (Å²) in [6.45, 7) is 6.87. The second kappa shape index (κ2) is 13.1. The van der Waals surface area contributed by atoms with E-state index in [0.717, 1.165) is 62.8 Å². The number of carbonyl (C=O) groups is 1. The van der Waals surface area contributed by atoms with Crippen LogP contribution in [0.1, 0.15) is 22.8 Å². The van der Waals surface area contributed by atoms with Crippen molar-refractivity contribution in [1.29, 1.82) is 0 Å². The number of ether oxygens (including phenoxy) is 1. The minimum atomic E-state index is 0.0253. The first-order valence-electron chi connectivity index (χ1n) is 9.48. The third-order valence-electron chi connectivity index (χ3n) is 4.06. The van der Waals surface area contributed by atoms with Crippen LogP contribution in [0.25, 0.3) is 0 Å². The lowest BCUT2D eigenvalue weighted by Crippen LogP contribution is -2.39. The molecule has 7 heteroatoms. The van der Waals surface area contributed by atoms with Crippen LogP contribution in [0.4, 0.5) is 0 Å². The van der Waals surface area contributed by atoms with Crippen LogP contribution in [0.5, 0.6) is 0 Å². The van der Waals surface area contributed by atoms with E-state index >= 15 is 0 Å². The third kappa shape index (κ3) is 9.40. The number of likely N-dealkylation sites (N-methyl/N-ethyl adjacent to an activating group) is 1. The molecule has 1 rings (SSSR count). The van der Waals surface area contributed by atoms with E-state index in [9.17, 15) is 4.79 Å². The molecular formula is C20H35N5O2. The van der Waals surface area contributed by atoms with Gasteiger partial charge in [-0.2, -0.15) is 0 Å². The molecule has 0 fully saturated rings. The van der Waals surface area contributed by atoms with Gasteiger partial charge in [0.1, 0.15) is 0 Å². The van der Waals surface area contributed by atoms with E-state index in [1.807, 2.05) is 24.3 Å². The molecule has 152 valence electrons. The summed E-state index contributed by atoms with van der Waals surface area (Å²) >= 11 is 0. The molecule has 0 aliphatic carbocycles. The summed E-state index contributed by atoms with van der Waals surface area (Å²) in [6, 6.07) is 7.79. The molecule has 1 amide bonds. The Balaban J connectivity index is 2.49. The zero-order chi connectivity index (χ0) is 20.1. The molecule has 1 aromatic carbocycles. The van der Waals surface area contributed by atoms with Crippen molar-refractivity contribution in [2.45, 2.75) is 13.3 Å². The van der Waals surface area contributed by atoms with Crippen molar-refractivity contribution in [2.24, 2.45) is 4.99 Å². The fourth-order valence-electron chi connectivity index (χ4n) is 2.48. The maximum Gasteiger partial charge on any atom is 0.253 e. The first-order valence-corrected chi connectivity index (χ1v) is 9.48. The third-order valence-corrected chi connectivity index (χ3v) is 4.06. The summed E-state index contributed by atoms with van der Waals surface area (Å²) in [5.74, 6) is 0.843. The van der Waals surface area contributed by atoms with Crippen LogP contribution in [0, 0.1) is 0 Å². The Hall–Kier alpha value is -2.12. The highest BCUT2D eigenvalue weighted by molar-refractivity contribution is 5.94. The Morgan fingerprint density at radius 2 is 1.96 bits per heavy atom. The smallest absolute Gasteiger partial charge is 0.253 e. The number of nitrogens with one attached hydrogen (secondary N) is 2. The molecular weight excluding hydrogens is 342 g/mol. The Labute approximate surface area is 163 Å². The fraction of sp³-hybridized carbons (Fsp3) is 0.600. The number of methoxy groups -OCH3 is 1. The maximum absolute atomic E-state index is 12.1. The predicted octanol–water partition coefficient (Wildman–Crippen LogP) is 1.06. The molecule has 0 unspecified atom stereocenters. The van der Waals surface area contributed by atoms with Gasteiger partial charge in [-0.3, -0.25) is 9.79 Å². The average Bonchev–Trinajstić information content (AvgIpc) is 2.66. The van der Waals surface area contributed by atoms with E-state index in [1.165, 1.54) is 0 Å². The number of hydrogen-bond acceptors (Lipinski definition) is 4. The van der Waals surface area contributed by atoms with Gasteiger partial charge in [-0.1, -0.05) is 12.1 Å². The van der Waals surface area contributed by atoms with E-state index in [1.54, 1.807) is 26.1 Å². The van der Waals surface area contributed by atoms with Gasteiger partial charge in [0.05, 0.1) is 13.2 Å². The highest BCUT2D eigenvalue weighted by atomic mass is 16.5. The van der Waals surface area contributed by atoms with Gasteiger partial charge in [0.25, 0.3) is 5.91 Å². The van der Waals surface area contributed by atoms with Crippen LogP contribution in [0.15, 0.2) is 29.3 Å². The fourth-order valence-corrected chi connectivity index (χ4v) is 2.48. The molecule has 0 saturated heterocycles. The van der Waals surface area contributed by atoms with Gasteiger partial charge in [0.15, 0.2) is 5.96 Å². The summed E-state index contributed by atoms with van der Waals surface area (Å²) in [4.78, 5) is 20.5. The molecule has 0 spiro atoms. The van der Waals surface area contributed by atoms with Gasteiger partial charge in [-0.25, -0.2) is 0 Å². The average molecular weight is 378 g/mol. The SMILES string of the molecule is CCNC(=NCCN(C)CCOC)NCCc1cccc(C(=O)N(C)C)c1. The molecule has 0 saturated carbocycles. The van der Waals surface area contributed by atoms with Crippen molar-refractivity contribution < 1.29 is 9.53 Å². The highest BCUT2D eigenvalue weighted by Gasteiger charge is 2.08. The zero-order valence-corrected chi connectivity index (χ0v) is 17.4. The Morgan fingerprint density at radius 1 is 1.19 bits per heavy atom. The van der Waals surface area contributed by atoms with Gasteiger partial charge >= 0.3 is 0 Å². The first-order chi connectivity index (χ1) is 13.0. The van der Waals surface area contributed by atoms with Crippen molar-refractivity contribution in [3.8, 4) is 0 Å². The van der Waals surface area contributed by atoms with Crippen LogP contribution >= 0.6 is 0 Å². The first kappa shape index (κ1) is 22.9. The van der Waals surface area contributed by atoms with Crippen molar-refractivity contribution in [2.75, 3.05) is 67.6 Å². The Bertz CT molecular complexity index is 589. The summed E-state index contributed by atoms with van der Waals surface area (Å²) in [5.41, 5.74) is 1.85. The van der Waals surface area contributed by atoms with Crippen LogP contribution in [0.3, 0.4) is 0 Å². The van der Waals surface area contributed by atoms with E-state index in [4.69, 9.17) is 4.74 Å². The molecule has 0 radical (unpaired) electrons. The molecule has 0 heterocycles. The largest absolute Gasteiger partial charge is 0.383 e. The number of carbonyl (C=O) groups excluding carboxylic acids is 1. The van der Waals surface area contributed by atoms with Crippen LogP contribution in [-0.4, -0.2) is 89.3 Å². The molecule has 0 bridgehead atoms. The lowest BCUT2D eigenvalue weighted by Gasteiger charge is -2.16. The summed E-state index contributed by atoms with van der Waals surface area (Å²) in [5, 5.41) is 6.62. The van der Waals surface area contributed by atoms with Gasteiger partial charge in [-0.05, 0) is 38.1 Å². The van der Waals surface area contributed by atoms with Crippen LogP contribution < -0.4 is 10.6 Å². The lowest BCUT2D eigenvalue weighted by atomic mass is 10.1. The molecule has 0 aliphatic rings. The zero-order valence-electron chi connectivity index (χ0n) is 17.4. The van der Waals surface area contributed by atoms with Gasteiger partial charge in [0.2, 0.25) is 0 Å². The summed E-state index contributed by atoms with van der Waals surface area (Å²) < 4.78 is 5.08. The van der Waals surface area contributed by atoms with Crippen molar-refractivity contribution in [1.82, 2.24) is 20.4 Å². The van der Waals surface area contributed by atoms with Crippen molar-refractivity contribution in [3.05, 3.63) is 35.4 Å². The number of amides is 1. The van der Waals surface area contributed by atoms with Crippen LogP contribution in [0.2, 0.25) is 0 Å². The number of hydrogen-bond donors (Lipinski definition) is 2. The number of nitrogens with zero attached hydrogens (tertiary/aromatic N) is 3. The number of guanidine groups is 1. The molecule has 7 nitrogen and oxygen atoms in total. The highest BCUT2D eigenvalue weighted by Crippen LogP contribution is 2.07. The van der Waals surface area contributed by atoms with Crippen molar-refractivity contribution >= 4 is 11.9 Å². The Kier molecular flexibility index (Phi) is 11.1. The quantitative estimate of drug-likeness (QED) is 0.446. The number of rotatable bonds is 11. The van der Waals surface area contributed by atoms with E-state index < -0.39 is 0 Å². The van der Waals surface area contributed by atoms with Gasteiger partial charge < -0.3 is 25.2 Å². The standard InChI is InChI=1S/C20H35N5O2/c1-6-21-20(23-12-13-25(4)14-15-27-5)22-11-10-17-8-7-9-18(16-17)19(26)24(2)3/h7-9,16H,6,10-15H2,1-5H3,(H2,21,22,23). The molecule has 0 aromatic heterocycles. The summed E-state index contributed by atoms with van der Waals surface area (Å²) in [6.07, 6.45) is 0.826. The molecule has 27 heavy (non-hydrogen) atoms. The normalized spacial score (nSPS) is 11.6. The minimum absolute atomic E-state index is 0.0253. The molecule has 1 aromatic rings.